The van der Waals surface area contributed by atoms with Crippen LogP contribution in [0.4, 0.5) is 17.3 Å². The van der Waals surface area contributed by atoms with Crippen LogP contribution in [0.25, 0.3) is 21.0 Å². The van der Waals surface area contributed by atoms with E-state index in [0.29, 0.717) is 40.4 Å². The molecule has 2 atom stereocenters. The Balaban J connectivity index is 1.56. The van der Waals surface area contributed by atoms with Crippen LogP contribution in [0, 0.1) is 0 Å². The first-order valence-corrected chi connectivity index (χ1v) is 12.9. The van der Waals surface area contributed by atoms with Crippen LogP contribution in [0.5, 0.6) is 0 Å². The van der Waals surface area contributed by atoms with E-state index in [1.54, 1.807) is 6.20 Å². The van der Waals surface area contributed by atoms with Gasteiger partial charge in [0.05, 0.1) is 16.8 Å². The third kappa shape index (κ3) is 4.16. The molecule has 176 valence electrons. The minimum absolute atomic E-state index is 0.0475. The summed E-state index contributed by atoms with van der Waals surface area (Å²) in [6, 6.07) is 7.84. The number of fused-ring (bicyclic) bond motifs is 5. The van der Waals surface area contributed by atoms with Gasteiger partial charge in [-0.2, -0.15) is 0 Å². The number of nitrogens with one attached hydrogen (secondary N) is 3. The Morgan fingerprint density at radius 2 is 2.18 bits per heavy atom. The average Bonchev–Trinajstić information content (AvgIpc) is 3.15. The second-order valence-corrected chi connectivity index (χ2v) is 9.68. The maximum absolute atomic E-state index is 12.7. The Labute approximate surface area is 204 Å². The molecule has 5 rings (SSSR count). The highest BCUT2D eigenvalue weighted by atomic mass is 32.2. The van der Waals surface area contributed by atoms with Gasteiger partial charge in [-0.25, -0.2) is 15.0 Å². The number of nitrogens with zero attached hydrogens (tertiary/aromatic N) is 3. The van der Waals surface area contributed by atoms with Gasteiger partial charge in [-0.1, -0.05) is 11.8 Å². The van der Waals surface area contributed by atoms with E-state index in [1.165, 1.54) is 23.1 Å². The number of amides is 1. The molecule has 4 aromatic rings. The predicted octanol–water partition coefficient (Wildman–Crippen LogP) is 4.28. The smallest absolute Gasteiger partial charge is 0.263 e. The fourth-order valence-electron chi connectivity index (χ4n) is 3.92. The number of hydrogen-bond donors (Lipinski definition) is 4. The van der Waals surface area contributed by atoms with E-state index in [4.69, 9.17) is 9.72 Å². The SMILES string of the molecule is CCOC(O)c1cnc(SC)nc1Nc1ccc2c(ccc3sc4c(c32)NC[C@@H](C)NC4=O)n1. The van der Waals surface area contributed by atoms with Crippen molar-refractivity contribution in [3.63, 3.8) is 0 Å². The lowest BCUT2D eigenvalue weighted by Gasteiger charge is -2.16. The number of aromatic nitrogens is 3. The average molecular weight is 497 g/mol. The molecule has 0 saturated carbocycles. The number of thiophene rings is 1. The number of thioether (sulfide) groups is 1. The van der Waals surface area contributed by atoms with Crippen molar-refractivity contribution in [2.45, 2.75) is 31.3 Å². The Kier molecular flexibility index (Phi) is 6.26. The predicted molar refractivity (Wildman–Crippen MR) is 136 cm³/mol. The summed E-state index contributed by atoms with van der Waals surface area (Å²) in [5, 5.41) is 22.6. The summed E-state index contributed by atoms with van der Waals surface area (Å²) < 4.78 is 6.37. The van der Waals surface area contributed by atoms with Crippen molar-refractivity contribution in [1.82, 2.24) is 20.3 Å². The number of benzene rings is 1. The number of carbonyl (C=O) groups is 1. The molecule has 0 fully saturated rings. The number of anilines is 3. The van der Waals surface area contributed by atoms with Gasteiger partial charge in [0, 0.05) is 40.9 Å². The van der Waals surface area contributed by atoms with Gasteiger partial charge in [-0.05, 0) is 44.4 Å². The zero-order valence-electron chi connectivity index (χ0n) is 18.9. The maximum Gasteiger partial charge on any atom is 0.263 e. The highest BCUT2D eigenvalue weighted by molar-refractivity contribution is 7.98. The van der Waals surface area contributed by atoms with E-state index < -0.39 is 6.29 Å². The van der Waals surface area contributed by atoms with Crippen LogP contribution in [0.2, 0.25) is 0 Å². The van der Waals surface area contributed by atoms with Crippen LogP contribution in [0.15, 0.2) is 35.6 Å². The van der Waals surface area contributed by atoms with E-state index >= 15 is 0 Å². The molecule has 4 N–H and O–H groups in total. The van der Waals surface area contributed by atoms with Gasteiger partial charge in [-0.3, -0.25) is 4.79 Å². The van der Waals surface area contributed by atoms with Gasteiger partial charge in [0.15, 0.2) is 11.4 Å². The first kappa shape index (κ1) is 22.8. The third-order valence-corrected chi connectivity index (χ3v) is 7.22. The Morgan fingerprint density at radius 3 is 2.97 bits per heavy atom. The first-order valence-electron chi connectivity index (χ1n) is 10.9. The van der Waals surface area contributed by atoms with Gasteiger partial charge in [-0.15, -0.1) is 11.3 Å². The molecule has 34 heavy (non-hydrogen) atoms. The van der Waals surface area contributed by atoms with Crippen molar-refractivity contribution >= 4 is 67.3 Å². The quantitative estimate of drug-likeness (QED) is 0.176. The molecule has 0 radical (unpaired) electrons. The molecule has 1 aliphatic rings. The van der Waals surface area contributed by atoms with Crippen molar-refractivity contribution < 1.29 is 14.6 Å². The fourth-order valence-corrected chi connectivity index (χ4v) is 5.36. The van der Waals surface area contributed by atoms with Gasteiger partial charge in [0.1, 0.15) is 16.5 Å². The molecule has 9 nitrogen and oxygen atoms in total. The highest BCUT2D eigenvalue weighted by Crippen LogP contribution is 2.41. The Morgan fingerprint density at radius 1 is 1.32 bits per heavy atom. The molecule has 3 aromatic heterocycles. The normalized spacial score (nSPS) is 16.6. The molecule has 1 amide bonds. The lowest BCUT2D eigenvalue weighted by atomic mass is 10.1. The second-order valence-electron chi connectivity index (χ2n) is 7.86. The zero-order chi connectivity index (χ0) is 23.8. The molecule has 1 aliphatic heterocycles. The summed E-state index contributed by atoms with van der Waals surface area (Å²) >= 11 is 2.88. The van der Waals surface area contributed by atoms with Crippen LogP contribution in [-0.2, 0) is 4.74 Å². The number of ether oxygens (including phenoxy) is 1. The fraction of sp³-hybridized carbons (Fsp3) is 0.304. The van der Waals surface area contributed by atoms with Crippen molar-refractivity contribution in [3.05, 3.63) is 40.9 Å². The Bertz CT molecular complexity index is 1390. The van der Waals surface area contributed by atoms with Crippen LogP contribution >= 0.6 is 23.1 Å². The summed E-state index contributed by atoms with van der Waals surface area (Å²) in [5.74, 6) is 0.954. The number of pyridine rings is 1. The van der Waals surface area contributed by atoms with Gasteiger partial charge in [0.25, 0.3) is 5.91 Å². The lowest BCUT2D eigenvalue weighted by Crippen LogP contribution is -2.34. The molecular formula is C23H24N6O3S2. The Hall–Kier alpha value is -2.99. The molecule has 11 heteroatoms. The minimum atomic E-state index is -1.15. The minimum Gasteiger partial charge on any atom is -0.381 e. The number of hydrogen-bond acceptors (Lipinski definition) is 10. The van der Waals surface area contributed by atoms with E-state index in [9.17, 15) is 9.90 Å². The second kappa shape index (κ2) is 9.34. The van der Waals surface area contributed by atoms with Crippen molar-refractivity contribution in [3.8, 4) is 0 Å². The number of aliphatic hydroxyl groups excluding tert-OH is 1. The van der Waals surface area contributed by atoms with Crippen LogP contribution in [0.3, 0.4) is 0 Å². The van der Waals surface area contributed by atoms with E-state index in [1.807, 2.05) is 44.4 Å². The van der Waals surface area contributed by atoms with Gasteiger partial charge < -0.3 is 25.8 Å². The monoisotopic (exact) mass is 496 g/mol. The van der Waals surface area contributed by atoms with E-state index in [-0.39, 0.29) is 11.9 Å². The molecule has 1 aromatic carbocycles. The molecule has 0 aliphatic carbocycles. The standard InChI is InChI=1S/C23H24N6O3S2/c1-4-32-22(31)13-10-25-23(33-3)29-20(13)28-16-8-5-12-14(27-16)6-7-15-17(12)18-19(34-15)21(30)26-11(2)9-24-18/h5-8,10-11,22,24,31H,4,9H2,1-3H3,(H,26,30)(H,25,27,28,29)/t11-,22?/m1/s1. The van der Waals surface area contributed by atoms with Crippen molar-refractivity contribution in [1.29, 1.82) is 0 Å². The summed E-state index contributed by atoms with van der Waals surface area (Å²) in [6.45, 7) is 4.80. The molecule has 0 bridgehead atoms. The molecule has 0 spiro atoms. The zero-order valence-corrected chi connectivity index (χ0v) is 20.5. The van der Waals surface area contributed by atoms with Crippen molar-refractivity contribution in [2.24, 2.45) is 0 Å². The van der Waals surface area contributed by atoms with Crippen LogP contribution < -0.4 is 16.0 Å². The number of rotatable bonds is 6. The molecule has 4 heterocycles. The molecule has 1 unspecified atom stereocenters. The maximum atomic E-state index is 12.7. The summed E-state index contributed by atoms with van der Waals surface area (Å²) in [4.78, 5) is 26.9. The summed E-state index contributed by atoms with van der Waals surface area (Å²) in [5.41, 5.74) is 2.07. The van der Waals surface area contributed by atoms with Crippen molar-refractivity contribution in [2.75, 3.05) is 30.0 Å². The number of aliphatic hydroxyl groups is 1. The van der Waals surface area contributed by atoms with E-state index in [2.05, 4.69) is 25.9 Å². The van der Waals surface area contributed by atoms with Gasteiger partial charge >= 0.3 is 0 Å². The third-order valence-electron chi connectivity index (χ3n) is 5.51. The summed E-state index contributed by atoms with van der Waals surface area (Å²) in [6.07, 6.45) is 2.30. The van der Waals surface area contributed by atoms with Gasteiger partial charge in [0.2, 0.25) is 0 Å². The van der Waals surface area contributed by atoms with Crippen LogP contribution in [0.1, 0.15) is 35.4 Å². The van der Waals surface area contributed by atoms with E-state index in [0.717, 1.165) is 26.7 Å². The molecule has 0 saturated heterocycles. The lowest BCUT2D eigenvalue weighted by molar-refractivity contribution is -0.0978. The summed E-state index contributed by atoms with van der Waals surface area (Å²) in [7, 11) is 0. The topological polar surface area (TPSA) is 121 Å². The molecular weight excluding hydrogens is 472 g/mol. The highest BCUT2D eigenvalue weighted by Gasteiger charge is 2.25. The van der Waals surface area contributed by atoms with Crippen LogP contribution in [-0.4, -0.2) is 51.4 Å². The first-order chi connectivity index (χ1) is 16.5. The largest absolute Gasteiger partial charge is 0.381 e. The number of carbonyl (C=O) groups excluding carboxylic acids is 1.